The second-order valence-electron chi connectivity index (χ2n) is 6.61. The minimum atomic E-state index is -4.79. The molecule has 4 nitrogen and oxygen atoms in total. The fraction of sp³-hybridized carbons (Fsp3) is 0.368. The van der Waals surface area contributed by atoms with Crippen molar-refractivity contribution in [3.05, 3.63) is 48.4 Å². The van der Waals surface area contributed by atoms with Crippen LogP contribution < -0.4 is 4.74 Å². The quantitative estimate of drug-likeness (QED) is 0.689. The van der Waals surface area contributed by atoms with Gasteiger partial charge in [-0.1, -0.05) is 49.4 Å². The molecule has 1 aromatic heterocycles. The minimum Gasteiger partial charge on any atom is -0.405 e. The van der Waals surface area contributed by atoms with Crippen LogP contribution in [0.4, 0.5) is 13.2 Å². The van der Waals surface area contributed by atoms with Gasteiger partial charge in [-0.3, -0.25) is 0 Å². The average molecular weight is 364 g/mol. The van der Waals surface area contributed by atoms with E-state index in [1.54, 1.807) is 6.07 Å². The van der Waals surface area contributed by atoms with Crippen molar-refractivity contribution in [2.45, 2.75) is 33.1 Å². The summed E-state index contributed by atoms with van der Waals surface area (Å²) in [4.78, 5) is 4.24. The smallest absolute Gasteiger partial charge is 0.405 e. The second-order valence-corrected chi connectivity index (χ2v) is 6.61. The first-order valence-corrected chi connectivity index (χ1v) is 8.39. The molecule has 0 spiro atoms. The Kier molecular flexibility index (Phi) is 5.15. The third-order valence-electron chi connectivity index (χ3n) is 3.99. The number of halogens is 3. The van der Waals surface area contributed by atoms with Gasteiger partial charge < -0.3 is 9.26 Å². The normalized spacial score (nSPS) is 17.5. The van der Waals surface area contributed by atoms with E-state index in [1.807, 2.05) is 12.2 Å². The van der Waals surface area contributed by atoms with Crippen LogP contribution in [-0.2, 0) is 0 Å². The van der Waals surface area contributed by atoms with Crippen molar-refractivity contribution in [3.8, 4) is 17.1 Å². The van der Waals surface area contributed by atoms with Crippen molar-refractivity contribution in [3.63, 3.8) is 0 Å². The number of allylic oxidation sites excluding steroid dienone is 4. The summed E-state index contributed by atoms with van der Waals surface area (Å²) in [7, 11) is 0. The summed E-state index contributed by atoms with van der Waals surface area (Å²) in [5.74, 6) is 1.05. The highest BCUT2D eigenvalue weighted by atomic mass is 19.4. The van der Waals surface area contributed by atoms with Crippen LogP contribution in [0, 0.1) is 11.8 Å². The fourth-order valence-corrected chi connectivity index (χ4v) is 2.92. The Balaban J connectivity index is 1.80. The number of para-hydroxylation sites is 1. The van der Waals surface area contributed by atoms with E-state index in [-0.39, 0.29) is 23.0 Å². The topological polar surface area (TPSA) is 48.2 Å². The molecule has 0 bridgehead atoms. The minimum absolute atomic E-state index is 0.0541. The van der Waals surface area contributed by atoms with Crippen molar-refractivity contribution in [2.24, 2.45) is 11.8 Å². The number of hydrogen-bond donors (Lipinski definition) is 0. The van der Waals surface area contributed by atoms with Crippen LogP contribution in [0.15, 0.2) is 47.0 Å². The summed E-state index contributed by atoms with van der Waals surface area (Å²) in [5, 5.41) is 3.81. The van der Waals surface area contributed by atoms with Gasteiger partial charge in [0.2, 0.25) is 5.82 Å². The van der Waals surface area contributed by atoms with E-state index in [2.05, 4.69) is 34.8 Å². The first kappa shape index (κ1) is 18.2. The van der Waals surface area contributed by atoms with Gasteiger partial charge in [-0.05, 0) is 36.8 Å². The molecule has 1 aromatic carbocycles. The molecule has 0 aliphatic heterocycles. The van der Waals surface area contributed by atoms with Crippen molar-refractivity contribution >= 4 is 5.57 Å². The van der Waals surface area contributed by atoms with E-state index in [9.17, 15) is 13.2 Å². The van der Waals surface area contributed by atoms with Gasteiger partial charge in [0, 0.05) is 5.57 Å². The van der Waals surface area contributed by atoms with Gasteiger partial charge in [-0.15, -0.1) is 13.2 Å². The highest BCUT2D eigenvalue weighted by Crippen LogP contribution is 2.33. The fourth-order valence-electron chi connectivity index (χ4n) is 2.92. The zero-order valence-electron chi connectivity index (χ0n) is 14.5. The zero-order valence-corrected chi connectivity index (χ0v) is 14.5. The molecule has 0 fully saturated rings. The molecule has 0 saturated heterocycles. The van der Waals surface area contributed by atoms with Gasteiger partial charge in [0.1, 0.15) is 5.75 Å². The molecule has 2 aromatic rings. The summed E-state index contributed by atoms with van der Waals surface area (Å²) in [6.45, 7) is 4.36. The number of nitrogens with zero attached hydrogens (tertiary/aromatic N) is 2. The Morgan fingerprint density at radius 2 is 2.04 bits per heavy atom. The molecule has 1 atom stereocenters. The van der Waals surface area contributed by atoms with Crippen LogP contribution in [0.1, 0.15) is 32.6 Å². The third kappa shape index (κ3) is 4.53. The van der Waals surface area contributed by atoms with E-state index in [1.165, 1.54) is 18.2 Å². The largest absolute Gasteiger partial charge is 0.573 e. The summed E-state index contributed by atoms with van der Waals surface area (Å²) < 4.78 is 47.0. The lowest BCUT2D eigenvalue weighted by molar-refractivity contribution is -0.274. The maximum Gasteiger partial charge on any atom is 0.573 e. The molecule has 138 valence electrons. The Morgan fingerprint density at radius 1 is 1.27 bits per heavy atom. The number of rotatable bonds is 5. The molecule has 7 heteroatoms. The number of alkyl halides is 3. The first-order chi connectivity index (χ1) is 12.3. The Labute approximate surface area is 149 Å². The summed E-state index contributed by atoms with van der Waals surface area (Å²) in [6, 6.07) is 5.71. The van der Waals surface area contributed by atoms with Crippen LogP contribution in [0.2, 0.25) is 0 Å². The second kappa shape index (κ2) is 7.35. The molecule has 3 rings (SSSR count). The van der Waals surface area contributed by atoms with Gasteiger partial charge in [0.25, 0.3) is 5.89 Å². The summed E-state index contributed by atoms with van der Waals surface area (Å²) >= 11 is 0. The van der Waals surface area contributed by atoms with E-state index < -0.39 is 6.36 Å². The number of benzene rings is 1. The van der Waals surface area contributed by atoms with Gasteiger partial charge in [-0.2, -0.15) is 4.98 Å². The Bertz CT molecular complexity index is 822. The van der Waals surface area contributed by atoms with Gasteiger partial charge in [0.05, 0.1) is 5.56 Å². The maximum atomic E-state index is 12.6. The molecular formula is C19H19F3N2O2. The maximum absolute atomic E-state index is 12.6. The molecule has 1 aliphatic carbocycles. The predicted molar refractivity (Wildman–Crippen MR) is 91.1 cm³/mol. The van der Waals surface area contributed by atoms with Crippen LogP contribution in [0.5, 0.6) is 5.75 Å². The lowest BCUT2D eigenvalue weighted by Gasteiger charge is -2.16. The van der Waals surface area contributed by atoms with Crippen molar-refractivity contribution in [1.29, 1.82) is 0 Å². The van der Waals surface area contributed by atoms with E-state index in [0.29, 0.717) is 11.8 Å². The van der Waals surface area contributed by atoms with Crippen molar-refractivity contribution in [1.82, 2.24) is 10.1 Å². The van der Waals surface area contributed by atoms with Crippen molar-refractivity contribution < 1.29 is 22.4 Å². The van der Waals surface area contributed by atoms with Crippen LogP contribution in [0.3, 0.4) is 0 Å². The van der Waals surface area contributed by atoms with Crippen LogP contribution >= 0.6 is 0 Å². The standard InChI is InChI=1S/C19H19F3N2O2/c1-12(2)11-13-7-9-14(10-8-13)18-23-17(24-26-18)15-5-3-4-6-16(15)25-19(20,21)22/h3-7,9-10,12-13H,8,11H2,1-2H3. The molecule has 0 amide bonds. The van der Waals surface area contributed by atoms with Gasteiger partial charge in [0.15, 0.2) is 0 Å². The molecular weight excluding hydrogens is 345 g/mol. The van der Waals surface area contributed by atoms with E-state index >= 15 is 0 Å². The zero-order chi connectivity index (χ0) is 18.7. The molecule has 0 saturated carbocycles. The van der Waals surface area contributed by atoms with Gasteiger partial charge >= 0.3 is 6.36 Å². The molecule has 1 heterocycles. The molecule has 0 radical (unpaired) electrons. The van der Waals surface area contributed by atoms with E-state index in [4.69, 9.17) is 4.52 Å². The lowest BCUT2D eigenvalue weighted by atomic mass is 9.89. The number of hydrogen-bond acceptors (Lipinski definition) is 4. The summed E-state index contributed by atoms with van der Waals surface area (Å²) in [5.41, 5.74) is 0.899. The van der Waals surface area contributed by atoms with Crippen LogP contribution in [0.25, 0.3) is 17.0 Å². The average Bonchev–Trinajstić information content (AvgIpc) is 3.04. The highest BCUT2D eigenvalue weighted by molar-refractivity contribution is 5.71. The number of ether oxygens (including phenoxy) is 1. The molecule has 1 aliphatic rings. The predicted octanol–water partition coefficient (Wildman–Crippen LogP) is 5.64. The lowest BCUT2D eigenvalue weighted by Crippen LogP contribution is -2.17. The first-order valence-electron chi connectivity index (χ1n) is 8.39. The molecule has 26 heavy (non-hydrogen) atoms. The molecule has 1 unspecified atom stereocenters. The molecule has 0 N–H and O–H groups in total. The van der Waals surface area contributed by atoms with Crippen LogP contribution in [-0.4, -0.2) is 16.5 Å². The van der Waals surface area contributed by atoms with E-state index in [0.717, 1.165) is 18.4 Å². The Hall–Kier alpha value is -2.57. The highest BCUT2D eigenvalue weighted by Gasteiger charge is 2.32. The van der Waals surface area contributed by atoms with Gasteiger partial charge in [-0.25, -0.2) is 0 Å². The van der Waals surface area contributed by atoms with Crippen molar-refractivity contribution in [2.75, 3.05) is 0 Å². The Morgan fingerprint density at radius 3 is 2.69 bits per heavy atom. The number of aromatic nitrogens is 2. The monoisotopic (exact) mass is 364 g/mol. The SMILES string of the molecule is CC(C)CC1C=CC(c2nc(-c3ccccc3OC(F)(F)F)no2)=CC1. The third-order valence-corrected chi connectivity index (χ3v) is 3.99. The summed E-state index contributed by atoms with van der Waals surface area (Å²) in [6.07, 6.45) is 3.23.